The Labute approximate surface area is 136 Å². The molecule has 0 spiro atoms. The number of methoxy groups -OCH3 is 2. The van der Waals surface area contributed by atoms with Crippen LogP contribution in [0.25, 0.3) is 0 Å². The number of carbonyl (C=O) groups excluding carboxylic acids is 1. The van der Waals surface area contributed by atoms with Crippen molar-refractivity contribution in [3.8, 4) is 11.5 Å². The molecule has 22 heavy (non-hydrogen) atoms. The van der Waals surface area contributed by atoms with E-state index in [0.29, 0.717) is 23.6 Å². The molecule has 5 heteroatoms. The molecule has 0 saturated heterocycles. The van der Waals surface area contributed by atoms with Gasteiger partial charge in [0.2, 0.25) is 0 Å². The zero-order chi connectivity index (χ0) is 15.2. The van der Waals surface area contributed by atoms with E-state index >= 15 is 0 Å². The van der Waals surface area contributed by atoms with Crippen molar-refractivity contribution >= 4 is 23.9 Å². The molecular formula is C17H20ClNO3. The molecule has 2 aromatic carbocycles. The topological polar surface area (TPSA) is 47.6 Å². The van der Waals surface area contributed by atoms with Crippen LogP contribution in [-0.4, -0.2) is 20.0 Å². The van der Waals surface area contributed by atoms with E-state index in [0.717, 1.165) is 11.3 Å². The fraction of sp³-hybridized carbons (Fsp3) is 0.235. The van der Waals surface area contributed by atoms with Crippen molar-refractivity contribution in [1.29, 1.82) is 0 Å². The number of hydrogen-bond acceptors (Lipinski definition) is 4. The third kappa shape index (κ3) is 4.15. The first-order chi connectivity index (χ1) is 10.2. The van der Waals surface area contributed by atoms with Gasteiger partial charge in [-0.2, -0.15) is 0 Å². The van der Waals surface area contributed by atoms with Gasteiger partial charge in [-0.25, -0.2) is 0 Å². The summed E-state index contributed by atoms with van der Waals surface area (Å²) in [6.07, 6.45) is 0. The first kappa shape index (κ1) is 17.9. The van der Waals surface area contributed by atoms with Crippen molar-refractivity contribution < 1.29 is 14.3 Å². The molecular weight excluding hydrogens is 302 g/mol. The zero-order valence-electron chi connectivity index (χ0n) is 12.9. The summed E-state index contributed by atoms with van der Waals surface area (Å²) in [5.41, 5.74) is 2.47. The molecule has 0 aromatic heterocycles. The predicted molar refractivity (Wildman–Crippen MR) is 90.6 cm³/mol. The van der Waals surface area contributed by atoms with Gasteiger partial charge >= 0.3 is 0 Å². The van der Waals surface area contributed by atoms with Gasteiger partial charge in [0.1, 0.15) is 0 Å². The summed E-state index contributed by atoms with van der Waals surface area (Å²) in [5.74, 6) is 1.12. The molecule has 0 aliphatic rings. The van der Waals surface area contributed by atoms with Crippen LogP contribution < -0.4 is 14.8 Å². The lowest BCUT2D eigenvalue weighted by molar-refractivity contribution is 0.101. The van der Waals surface area contributed by atoms with Crippen molar-refractivity contribution in [2.45, 2.75) is 13.5 Å². The number of rotatable bonds is 6. The van der Waals surface area contributed by atoms with Crippen LogP contribution in [0.1, 0.15) is 22.8 Å². The number of hydrogen-bond donors (Lipinski definition) is 1. The van der Waals surface area contributed by atoms with Gasteiger partial charge in [0.15, 0.2) is 17.3 Å². The van der Waals surface area contributed by atoms with Gasteiger partial charge in [0.05, 0.1) is 14.2 Å². The Hall–Kier alpha value is -2.20. The number of nitrogens with one attached hydrogen (secondary N) is 1. The Morgan fingerprint density at radius 3 is 2.18 bits per heavy atom. The van der Waals surface area contributed by atoms with E-state index in [1.54, 1.807) is 26.4 Å². The van der Waals surface area contributed by atoms with Gasteiger partial charge in [0, 0.05) is 23.9 Å². The van der Waals surface area contributed by atoms with Crippen molar-refractivity contribution in [2.24, 2.45) is 0 Å². The van der Waals surface area contributed by atoms with E-state index in [1.165, 1.54) is 6.92 Å². The summed E-state index contributed by atoms with van der Waals surface area (Å²) in [7, 11) is 3.13. The smallest absolute Gasteiger partial charge is 0.162 e. The summed E-state index contributed by atoms with van der Waals surface area (Å²) in [6.45, 7) is 2.17. The average molecular weight is 322 g/mol. The number of halogens is 1. The van der Waals surface area contributed by atoms with E-state index in [-0.39, 0.29) is 18.2 Å². The van der Waals surface area contributed by atoms with Gasteiger partial charge in [-0.15, -0.1) is 12.4 Å². The van der Waals surface area contributed by atoms with Crippen molar-refractivity contribution in [3.05, 3.63) is 53.6 Å². The lowest BCUT2D eigenvalue weighted by atomic mass is 10.1. The summed E-state index contributed by atoms with van der Waals surface area (Å²) < 4.78 is 10.5. The minimum atomic E-state index is -0.0217. The van der Waals surface area contributed by atoms with Crippen LogP contribution in [-0.2, 0) is 6.54 Å². The van der Waals surface area contributed by atoms with E-state index < -0.39 is 0 Å². The van der Waals surface area contributed by atoms with Crippen LogP contribution in [0, 0.1) is 0 Å². The molecule has 0 atom stereocenters. The highest BCUT2D eigenvalue weighted by molar-refractivity contribution is 6.00. The Balaban J connectivity index is 0.00000242. The van der Waals surface area contributed by atoms with Gasteiger partial charge < -0.3 is 14.8 Å². The Morgan fingerprint density at radius 2 is 1.64 bits per heavy atom. The average Bonchev–Trinajstić information content (AvgIpc) is 2.52. The largest absolute Gasteiger partial charge is 0.493 e. The predicted octanol–water partition coefficient (Wildman–Crippen LogP) is 3.94. The maximum atomic E-state index is 11.8. The molecule has 4 nitrogen and oxygen atoms in total. The van der Waals surface area contributed by atoms with Crippen LogP contribution >= 0.6 is 12.4 Å². The van der Waals surface area contributed by atoms with Crippen LogP contribution in [0.3, 0.4) is 0 Å². The number of anilines is 1. The Bertz CT molecular complexity index is 629. The highest BCUT2D eigenvalue weighted by Gasteiger charge is 2.14. The second-order valence-corrected chi connectivity index (χ2v) is 4.65. The lowest BCUT2D eigenvalue weighted by Crippen LogP contribution is -2.06. The molecule has 0 aliphatic carbocycles. The minimum Gasteiger partial charge on any atom is -0.493 e. The second-order valence-electron chi connectivity index (χ2n) is 4.65. The van der Waals surface area contributed by atoms with Crippen molar-refractivity contribution in [2.75, 3.05) is 19.5 Å². The SMILES string of the molecule is COc1cc(NCc2ccccc2)c(C(C)=O)cc1OC.Cl. The number of Topliss-reactive ketones (excluding diaryl/α,β-unsaturated/α-hetero) is 1. The van der Waals surface area contributed by atoms with Gasteiger partial charge in [-0.05, 0) is 18.6 Å². The summed E-state index contributed by atoms with van der Waals surface area (Å²) in [5, 5.41) is 3.28. The first-order valence-electron chi connectivity index (χ1n) is 6.70. The molecule has 0 fully saturated rings. The summed E-state index contributed by atoms with van der Waals surface area (Å²) >= 11 is 0. The zero-order valence-corrected chi connectivity index (χ0v) is 13.7. The van der Waals surface area contributed by atoms with Crippen LogP contribution in [0.2, 0.25) is 0 Å². The Morgan fingerprint density at radius 1 is 1.05 bits per heavy atom. The summed E-state index contributed by atoms with van der Waals surface area (Å²) in [4.78, 5) is 11.8. The minimum absolute atomic E-state index is 0. The molecule has 0 amide bonds. The van der Waals surface area contributed by atoms with Crippen LogP contribution in [0.15, 0.2) is 42.5 Å². The number of ether oxygens (including phenoxy) is 2. The number of ketones is 1. The van der Waals surface area contributed by atoms with E-state index in [4.69, 9.17) is 9.47 Å². The number of carbonyl (C=O) groups is 1. The molecule has 0 bridgehead atoms. The Kier molecular flexibility index (Phi) is 6.73. The fourth-order valence-corrected chi connectivity index (χ4v) is 2.11. The highest BCUT2D eigenvalue weighted by atomic mass is 35.5. The quantitative estimate of drug-likeness (QED) is 0.819. The molecule has 2 aromatic rings. The normalized spacial score (nSPS) is 9.59. The maximum Gasteiger partial charge on any atom is 0.162 e. The molecule has 0 radical (unpaired) electrons. The van der Waals surface area contributed by atoms with Crippen molar-refractivity contribution in [3.63, 3.8) is 0 Å². The molecule has 1 N–H and O–H groups in total. The highest BCUT2D eigenvalue weighted by Crippen LogP contribution is 2.33. The fourth-order valence-electron chi connectivity index (χ4n) is 2.11. The second kappa shape index (κ2) is 8.29. The van der Waals surface area contributed by atoms with Crippen molar-refractivity contribution in [1.82, 2.24) is 0 Å². The first-order valence-corrected chi connectivity index (χ1v) is 6.70. The van der Waals surface area contributed by atoms with E-state index in [1.807, 2.05) is 30.3 Å². The molecule has 2 rings (SSSR count). The van der Waals surface area contributed by atoms with Crippen LogP contribution in [0.5, 0.6) is 11.5 Å². The third-order valence-electron chi connectivity index (χ3n) is 3.23. The third-order valence-corrected chi connectivity index (χ3v) is 3.23. The molecule has 0 aliphatic heterocycles. The molecule has 118 valence electrons. The number of benzene rings is 2. The summed E-state index contributed by atoms with van der Waals surface area (Å²) in [6, 6.07) is 13.5. The molecule has 0 heterocycles. The molecule has 0 unspecified atom stereocenters. The maximum absolute atomic E-state index is 11.8. The van der Waals surface area contributed by atoms with Gasteiger partial charge in [-0.3, -0.25) is 4.79 Å². The van der Waals surface area contributed by atoms with Gasteiger partial charge in [0.25, 0.3) is 0 Å². The van der Waals surface area contributed by atoms with Gasteiger partial charge in [-0.1, -0.05) is 30.3 Å². The van der Waals surface area contributed by atoms with E-state index in [2.05, 4.69) is 5.32 Å². The lowest BCUT2D eigenvalue weighted by Gasteiger charge is -2.15. The van der Waals surface area contributed by atoms with E-state index in [9.17, 15) is 4.79 Å². The van der Waals surface area contributed by atoms with Crippen LogP contribution in [0.4, 0.5) is 5.69 Å². The standard InChI is InChI=1S/C17H19NO3.ClH/c1-12(19)14-9-16(20-2)17(21-3)10-15(14)18-11-13-7-5-4-6-8-13;/h4-10,18H,11H2,1-3H3;1H. The molecule has 0 saturated carbocycles. The monoisotopic (exact) mass is 321 g/mol.